The molecule has 0 saturated carbocycles. The van der Waals surface area contributed by atoms with E-state index in [1.54, 1.807) is 60.7 Å². The predicted octanol–water partition coefficient (Wildman–Crippen LogP) is 3.88. The van der Waals surface area contributed by atoms with Gasteiger partial charge in [-0.1, -0.05) is 41.9 Å². The van der Waals surface area contributed by atoms with Crippen molar-refractivity contribution in [3.63, 3.8) is 0 Å². The molecule has 0 aliphatic heterocycles. The van der Waals surface area contributed by atoms with Gasteiger partial charge in [-0.2, -0.15) is 0 Å². The number of nitrogens with one attached hydrogen (secondary N) is 1. The second-order valence-electron chi connectivity index (χ2n) is 4.82. The number of hydrogen-bond acceptors (Lipinski definition) is 3. The van der Waals surface area contributed by atoms with Crippen LogP contribution in [0.25, 0.3) is 10.8 Å². The van der Waals surface area contributed by atoms with Gasteiger partial charge >= 0.3 is 0 Å². The van der Waals surface area contributed by atoms with Crippen molar-refractivity contribution in [2.24, 2.45) is 0 Å². The van der Waals surface area contributed by atoms with Gasteiger partial charge in [0.2, 0.25) is 0 Å². The molecule has 4 nitrogen and oxygen atoms in total. The first kappa shape index (κ1) is 14.7. The molecule has 3 rings (SSSR count). The van der Waals surface area contributed by atoms with Gasteiger partial charge in [-0.05, 0) is 30.3 Å². The highest BCUT2D eigenvalue weighted by Crippen LogP contribution is 2.29. The van der Waals surface area contributed by atoms with Gasteiger partial charge in [0.1, 0.15) is 0 Å². The lowest BCUT2D eigenvalue weighted by atomic mass is 10.1. The summed E-state index contributed by atoms with van der Waals surface area (Å²) in [7, 11) is -3.74. The van der Waals surface area contributed by atoms with E-state index in [1.165, 1.54) is 0 Å². The minimum Gasteiger partial charge on any atom is -0.399 e. The molecule has 22 heavy (non-hydrogen) atoms. The molecule has 6 heteroatoms. The molecule has 0 aromatic heterocycles. The molecule has 0 bridgehead atoms. The van der Waals surface area contributed by atoms with Crippen LogP contribution in [-0.2, 0) is 10.0 Å². The minimum absolute atomic E-state index is 0.176. The lowest BCUT2D eigenvalue weighted by Gasteiger charge is -2.11. The summed E-state index contributed by atoms with van der Waals surface area (Å²) in [5, 5.41) is 1.78. The zero-order valence-corrected chi connectivity index (χ0v) is 13.0. The van der Waals surface area contributed by atoms with Crippen molar-refractivity contribution in [2.45, 2.75) is 4.90 Å². The van der Waals surface area contributed by atoms with E-state index < -0.39 is 10.0 Å². The van der Waals surface area contributed by atoms with Crippen molar-refractivity contribution in [1.29, 1.82) is 0 Å². The van der Waals surface area contributed by atoms with Crippen LogP contribution in [0.2, 0.25) is 5.02 Å². The molecule has 0 radical (unpaired) electrons. The van der Waals surface area contributed by atoms with Crippen LogP contribution in [0.3, 0.4) is 0 Å². The summed E-state index contributed by atoms with van der Waals surface area (Å²) < 4.78 is 27.8. The van der Waals surface area contributed by atoms with Crippen molar-refractivity contribution >= 4 is 43.8 Å². The van der Waals surface area contributed by atoms with Gasteiger partial charge in [0, 0.05) is 21.5 Å². The topological polar surface area (TPSA) is 72.2 Å². The van der Waals surface area contributed by atoms with E-state index in [2.05, 4.69) is 4.72 Å². The molecule has 3 N–H and O–H groups in total. The van der Waals surface area contributed by atoms with Crippen LogP contribution in [0.1, 0.15) is 0 Å². The number of hydrogen-bond donors (Lipinski definition) is 2. The number of sulfonamides is 1. The maximum absolute atomic E-state index is 12.6. The summed E-state index contributed by atoms with van der Waals surface area (Å²) in [6, 6.07) is 16.8. The molecule has 0 amide bonds. The summed E-state index contributed by atoms with van der Waals surface area (Å²) in [5.74, 6) is 0. The van der Waals surface area contributed by atoms with Gasteiger partial charge in [0.25, 0.3) is 10.0 Å². The van der Waals surface area contributed by atoms with Gasteiger partial charge in [-0.25, -0.2) is 8.42 Å². The van der Waals surface area contributed by atoms with Crippen molar-refractivity contribution in [2.75, 3.05) is 10.5 Å². The first-order valence-electron chi connectivity index (χ1n) is 6.53. The van der Waals surface area contributed by atoms with Crippen LogP contribution in [-0.4, -0.2) is 8.42 Å². The minimum atomic E-state index is -3.74. The third-order valence-electron chi connectivity index (χ3n) is 3.26. The molecule has 0 aliphatic rings. The first-order valence-corrected chi connectivity index (χ1v) is 8.39. The lowest BCUT2D eigenvalue weighted by molar-refractivity contribution is 0.602. The molecule has 3 aromatic rings. The fourth-order valence-corrected chi connectivity index (χ4v) is 3.80. The summed E-state index contributed by atoms with van der Waals surface area (Å²) in [4.78, 5) is 0.176. The van der Waals surface area contributed by atoms with Crippen LogP contribution in [0.4, 0.5) is 11.4 Å². The molecule has 0 atom stereocenters. The quantitative estimate of drug-likeness (QED) is 0.715. The fourth-order valence-electron chi connectivity index (χ4n) is 2.29. The summed E-state index contributed by atoms with van der Waals surface area (Å²) >= 11 is 6.13. The Balaban J connectivity index is 2.12. The molecule has 0 spiro atoms. The Labute approximate surface area is 133 Å². The first-order chi connectivity index (χ1) is 10.5. The maximum atomic E-state index is 12.6. The highest BCUT2D eigenvalue weighted by Gasteiger charge is 2.18. The second kappa shape index (κ2) is 5.51. The van der Waals surface area contributed by atoms with E-state index in [9.17, 15) is 8.42 Å². The van der Waals surface area contributed by atoms with E-state index in [-0.39, 0.29) is 4.90 Å². The van der Waals surface area contributed by atoms with Gasteiger partial charge in [-0.15, -0.1) is 0 Å². The number of rotatable bonds is 3. The Morgan fingerprint density at radius 2 is 1.59 bits per heavy atom. The molecule has 0 aliphatic carbocycles. The molecular weight excluding hydrogens is 320 g/mol. The van der Waals surface area contributed by atoms with Crippen LogP contribution < -0.4 is 10.5 Å². The molecule has 0 heterocycles. The van der Waals surface area contributed by atoms with Gasteiger partial charge < -0.3 is 5.73 Å². The summed E-state index contributed by atoms with van der Waals surface area (Å²) in [6.45, 7) is 0. The zero-order valence-electron chi connectivity index (χ0n) is 11.5. The summed E-state index contributed by atoms with van der Waals surface area (Å²) in [5.41, 5.74) is 6.58. The normalized spacial score (nSPS) is 11.5. The Morgan fingerprint density at radius 1 is 0.909 bits per heavy atom. The van der Waals surface area contributed by atoms with Crippen molar-refractivity contribution in [3.05, 3.63) is 65.7 Å². The highest BCUT2D eigenvalue weighted by molar-refractivity contribution is 7.93. The van der Waals surface area contributed by atoms with Crippen LogP contribution in [0.15, 0.2) is 65.6 Å². The van der Waals surface area contributed by atoms with E-state index in [4.69, 9.17) is 17.3 Å². The summed E-state index contributed by atoms with van der Waals surface area (Å²) in [6.07, 6.45) is 0. The van der Waals surface area contributed by atoms with Crippen molar-refractivity contribution < 1.29 is 8.42 Å². The van der Waals surface area contributed by atoms with E-state index in [0.717, 1.165) is 0 Å². The maximum Gasteiger partial charge on any atom is 0.262 e. The second-order valence-corrected chi connectivity index (χ2v) is 6.88. The monoisotopic (exact) mass is 332 g/mol. The molecule has 0 saturated heterocycles. The molecule has 0 fully saturated rings. The van der Waals surface area contributed by atoms with Crippen LogP contribution in [0.5, 0.6) is 0 Å². The van der Waals surface area contributed by atoms with E-state index in [0.29, 0.717) is 27.2 Å². The van der Waals surface area contributed by atoms with Crippen LogP contribution in [0, 0.1) is 0 Å². The SMILES string of the molecule is Nc1cccc(NS(=O)(=O)c2cccc3c(Cl)cccc23)c1. The Morgan fingerprint density at radius 3 is 2.36 bits per heavy atom. The van der Waals surface area contributed by atoms with Gasteiger partial charge in [-0.3, -0.25) is 4.72 Å². The molecule has 0 unspecified atom stereocenters. The molecule has 112 valence electrons. The number of halogens is 1. The van der Waals surface area contributed by atoms with Gasteiger partial charge in [0.05, 0.1) is 10.6 Å². The number of fused-ring (bicyclic) bond motifs is 1. The van der Waals surface area contributed by atoms with Crippen LogP contribution >= 0.6 is 11.6 Å². The average molecular weight is 333 g/mol. The lowest BCUT2D eigenvalue weighted by Crippen LogP contribution is -2.13. The smallest absolute Gasteiger partial charge is 0.262 e. The number of nitrogen functional groups attached to an aromatic ring is 1. The Bertz CT molecular complexity index is 955. The standard InChI is InChI=1S/C16H13ClN2O2S/c17-15-8-2-7-14-13(15)6-3-9-16(14)22(20,21)19-12-5-1-4-11(18)10-12/h1-10,19H,18H2. The van der Waals surface area contributed by atoms with Crippen molar-refractivity contribution in [3.8, 4) is 0 Å². The third kappa shape index (κ3) is 2.73. The third-order valence-corrected chi connectivity index (χ3v) is 5.03. The number of benzene rings is 3. The molecular formula is C16H13ClN2O2S. The average Bonchev–Trinajstić information content (AvgIpc) is 2.46. The zero-order chi connectivity index (χ0) is 15.7. The highest BCUT2D eigenvalue weighted by atomic mass is 35.5. The molecule has 3 aromatic carbocycles. The van der Waals surface area contributed by atoms with E-state index >= 15 is 0 Å². The van der Waals surface area contributed by atoms with E-state index in [1.807, 2.05) is 0 Å². The Hall–Kier alpha value is -2.24. The Kier molecular flexibility index (Phi) is 3.68. The largest absolute Gasteiger partial charge is 0.399 e. The number of anilines is 2. The fraction of sp³-hybridized carbons (Fsp3) is 0. The van der Waals surface area contributed by atoms with Crippen molar-refractivity contribution in [1.82, 2.24) is 0 Å². The predicted molar refractivity (Wildman–Crippen MR) is 90.6 cm³/mol. The van der Waals surface area contributed by atoms with Gasteiger partial charge in [0.15, 0.2) is 0 Å². The number of nitrogens with two attached hydrogens (primary N) is 1.